The van der Waals surface area contributed by atoms with Crippen LogP contribution in [0.1, 0.15) is 10.4 Å². The van der Waals surface area contributed by atoms with E-state index in [1.54, 1.807) is 0 Å². The zero-order chi connectivity index (χ0) is 23.8. The number of hydrogen-bond acceptors (Lipinski definition) is 6. The molecule has 0 radical (unpaired) electrons. The van der Waals surface area contributed by atoms with Crippen LogP contribution in [-0.4, -0.2) is 43.7 Å². The summed E-state index contributed by atoms with van der Waals surface area (Å²) in [5.41, 5.74) is -0.376. The highest BCUT2D eigenvalue weighted by atomic mass is 35.5. The van der Waals surface area contributed by atoms with E-state index in [1.807, 2.05) is 0 Å². The van der Waals surface area contributed by atoms with E-state index in [0.717, 1.165) is 10.4 Å². The third-order valence-electron chi connectivity index (χ3n) is 4.76. The summed E-state index contributed by atoms with van der Waals surface area (Å²) in [7, 11) is -4.15. The highest BCUT2D eigenvalue weighted by molar-refractivity contribution is 7.92. The first-order valence-electron chi connectivity index (χ1n) is 9.53. The fraction of sp³-hybridized carbons (Fsp3) is 0.143. The van der Waals surface area contributed by atoms with Gasteiger partial charge in [0.25, 0.3) is 15.9 Å². The van der Waals surface area contributed by atoms with Crippen LogP contribution in [-0.2, 0) is 10.0 Å². The summed E-state index contributed by atoms with van der Waals surface area (Å²) in [6.07, 6.45) is -0.842. The minimum Gasteiger partial charge on any atom is -0.482 e. The predicted octanol–water partition coefficient (Wildman–Crippen LogP) is 3.73. The van der Waals surface area contributed by atoms with Crippen molar-refractivity contribution in [3.05, 3.63) is 76.0 Å². The number of hydrogen-bond donors (Lipinski definition) is 2. The maximum atomic E-state index is 14.1. The molecule has 0 spiro atoms. The molecule has 0 saturated carbocycles. The highest BCUT2D eigenvalue weighted by Gasteiger charge is 2.36. The quantitative estimate of drug-likeness (QED) is 0.540. The summed E-state index contributed by atoms with van der Waals surface area (Å²) in [6, 6.07) is 12.2. The lowest BCUT2D eigenvalue weighted by atomic mass is 10.2. The molecule has 0 fully saturated rings. The van der Waals surface area contributed by atoms with Gasteiger partial charge in [-0.05, 0) is 42.5 Å². The third kappa shape index (κ3) is 4.60. The van der Waals surface area contributed by atoms with E-state index < -0.39 is 34.5 Å². The van der Waals surface area contributed by atoms with Crippen molar-refractivity contribution in [1.29, 1.82) is 0 Å². The molecule has 1 unspecified atom stereocenters. The summed E-state index contributed by atoms with van der Waals surface area (Å²) in [4.78, 5) is 16.7. The van der Waals surface area contributed by atoms with Crippen LogP contribution < -0.4 is 14.4 Å². The van der Waals surface area contributed by atoms with Crippen molar-refractivity contribution in [2.24, 2.45) is 0 Å². The third-order valence-corrected chi connectivity index (χ3v) is 7.06. The molecule has 1 aliphatic heterocycles. The number of carbonyl (C=O) groups is 1. The van der Waals surface area contributed by atoms with Crippen molar-refractivity contribution >= 4 is 50.8 Å². The number of aromatic nitrogens is 1. The van der Waals surface area contributed by atoms with Crippen molar-refractivity contribution in [2.45, 2.75) is 11.0 Å². The molecule has 33 heavy (non-hydrogen) atoms. The lowest BCUT2D eigenvalue weighted by molar-refractivity contribution is 0.102. The Labute approximate surface area is 198 Å². The number of ether oxygens (including phenoxy) is 1. The molecule has 2 heterocycles. The molecule has 0 saturated heterocycles. The lowest BCUT2D eigenvalue weighted by Crippen LogP contribution is -2.45. The molecule has 0 aliphatic carbocycles. The smallest absolute Gasteiger partial charge is 0.265 e. The van der Waals surface area contributed by atoms with Gasteiger partial charge in [0.1, 0.15) is 17.7 Å². The number of anilines is 2. The molecular weight excluding hydrogens is 496 g/mol. The van der Waals surface area contributed by atoms with Crippen LogP contribution >= 0.6 is 23.2 Å². The molecule has 2 N–H and O–H groups in total. The standard InChI is InChI=1S/C21H16Cl2FN3O5S/c22-12-3-1-4-14(9-12)33(30,31)27-10-13(11-28)32-17-7-8-18(25-20(17)27)26-21(29)19-15(23)5-2-6-16(19)24/h1-9,13,28H,10-11H2,(H,25,26,29). The van der Waals surface area contributed by atoms with Crippen molar-refractivity contribution < 1.29 is 27.4 Å². The van der Waals surface area contributed by atoms with Gasteiger partial charge in [0.05, 0.1) is 28.6 Å². The summed E-state index contributed by atoms with van der Waals surface area (Å²) < 4.78 is 47.4. The van der Waals surface area contributed by atoms with Gasteiger partial charge in [-0.25, -0.2) is 22.1 Å². The van der Waals surface area contributed by atoms with Gasteiger partial charge in [0.2, 0.25) is 0 Å². The Hall–Kier alpha value is -2.92. The number of aliphatic hydroxyl groups is 1. The molecule has 8 nitrogen and oxygen atoms in total. The Kier molecular flexibility index (Phi) is 6.44. The van der Waals surface area contributed by atoms with Gasteiger partial charge < -0.3 is 15.2 Å². The maximum Gasteiger partial charge on any atom is 0.265 e. The number of sulfonamides is 1. The second-order valence-electron chi connectivity index (χ2n) is 6.98. The molecule has 1 aromatic heterocycles. The van der Waals surface area contributed by atoms with Crippen molar-refractivity contribution in [2.75, 3.05) is 22.8 Å². The minimum absolute atomic E-state index is 0.0598. The topological polar surface area (TPSA) is 109 Å². The number of aliphatic hydroxyl groups excluding tert-OH is 1. The van der Waals surface area contributed by atoms with E-state index in [-0.39, 0.29) is 44.4 Å². The number of halogens is 3. The van der Waals surface area contributed by atoms with E-state index in [4.69, 9.17) is 27.9 Å². The normalized spacial score (nSPS) is 15.5. The number of fused-ring (bicyclic) bond motifs is 1. The van der Waals surface area contributed by atoms with E-state index in [1.165, 1.54) is 48.5 Å². The van der Waals surface area contributed by atoms with Crippen LogP contribution in [0.15, 0.2) is 59.5 Å². The van der Waals surface area contributed by atoms with Crippen molar-refractivity contribution in [1.82, 2.24) is 4.98 Å². The summed E-state index contributed by atoms with van der Waals surface area (Å²) in [5, 5.41) is 12.1. The van der Waals surface area contributed by atoms with Crippen molar-refractivity contribution in [3.63, 3.8) is 0 Å². The molecule has 1 aliphatic rings. The van der Waals surface area contributed by atoms with E-state index in [0.29, 0.717) is 0 Å². The average molecular weight is 512 g/mol. The van der Waals surface area contributed by atoms with Gasteiger partial charge in [-0.2, -0.15) is 0 Å². The molecule has 12 heteroatoms. The second-order valence-corrected chi connectivity index (χ2v) is 9.69. The van der Waals surface area contributed by atoms with E-state index in [2.05, 4.69) is 10.3 Å². The summed E-state index contributed by atoms with van der Waals surface area (Å²) >= 11 is 11.9. The Morgan fingerprint density at radius 1 is 1.21 bits per heavy atom. The zero-order valence-corrected chi connectivity index (χ0v) is 19.0. The fourth-order valence-electron chi connectivity index (χ4n) is 3.22. The van der Waals surface area contributed by atoms with Crippen LogP contribution in [0, 0.1) is 5.82 Å². The first-order valence-corrected chi connectivity index (χ1v) is 11.7. The molecule has 1 amide bonds. The average Bonchev–Trinajstić information content (AvgIpc) is 2.78. The minimum atomic E-state index is -4.15. The molecule has 1 atom stereocenters. The second kappa shape index (κ2) is 9.14. The first-order chi connectivity index (χ1) is 15.7. The number of pyridine rings is 1. The molecule has 4 rings (SSSR count). The van der Waals surface area contributed by atoms with Gasteiger partial charge in [-0.15, -0.1) is 0 Å². The molecule has 3 aromatic rings. The largest absolute Gasteiger partial charge is 0.482 e. The number of nitrogens with zero attached hydrogens (tertiary/aromatic N) is 2. The predicted molar refractivity (Wildman–Crippen MR) is 121 cm³/mol. The molecular formula is C21H16Cl2FN3O5S. The van der Waals surface area contributed by atoms with Gasteiger partial charge in [0.15, 0.2) is 11.6 Å². The van der Waals surface area contributed by atoms with Gasteiger partial charge in [-0.1, -0.05) is 35.3 Å². The van der Waals surface area contributed by atoms with Crippen LogP contribution in [0.5, 0.6) is 5.75 Å². The van der Waals surface area contributed by atoms with Gasteiger partial charge in [0, 0.05) is 5.02 Å². The Balaban J connectivity index is 1.73. The van der Waals surface area contributed by atoms with E-state index in [9.17, 15) is 22.7 Å². The number of benzene rings is 2. The van der Waals surface area contributed by atoms with Crippen LogP contribution in [0.25, 0.3) is 0 Å². The van der Waals surface area contributed by atoms with Gasteiger partial charge >= 0.3 is 0 Å². The number of nitrogens with one attached hydrogen (secondary N) is 1. The Morgan fingerprint density at radius 2 is 1.97 bits per heavy atom. The molecule has 2 aromatic carbocycles. The number of amides is 1. The zero-order valence-electron chi connectivity index (χ0n) is 16.7. The number of carbonyl (C=O) groups excluding carboxylic acids is 1. The molecule has 172 valence electrons. The monoisotopic (exact) mass is 511 g/mol. The summed E-state index contributed by atoms with van der Waals surface area (Å²) in [5.74, 6) is -1.78. The lowest BCUT2D eigenvalue weighted by Gasteiger charge is -2.34. The van der Waals surface area contributed by atoms with E-state index >= 15 is 0 Å². The SMILES string of the molecule is O=C(Nc1ccc2c(n1)N(S(=O)(=O)c1cccc(Cl)c1)CC(CO)O2)c1c(F)cccc1Cl. The van der Waals surface area contributed by atoms with Gasteiger partial charge in [-0.3, -0.25) is 4.79 Å². The summed E-state index contributed by atoms with van der Waals surface area (Å²) in [6.45, 7) is -0.673. The van der Waals surface area contributed by atoms with Crippen LogP contribution in [0.3, 0.4) is 0 Å². The number of rotatable bonds is 5. The molecule has 0 bridgehead atoms. The van der Waals surface area contributed by atoms with Crippen LogP contribution in [0.4, 0.5) is 16.0 Å². The maximum absolute atomic E-state index is 14.1. The Morgan fingerprint density at radius 3 is 2.67 bits per heavy atom. The Bertz CT molecular complexity index is 1320. The van der Waals surface area contributed by atoms with Crippen LogP contribution in [0.2, 0.25) is 10.0 Å². The van der Waals surface area contributed by atoms with Crippen molar-refractivity contribution in [3.8, 4) is 5.75 Å². The highest BCUT2D eigenvalue weighted by Crippen LogP contribution is 2.37. The fourth-order valence-corrected chi connectivity index (χ4v) is 5.23. The first kappa shape index (κ1) is 23.2.